The second-order valence-corrected chi connectivity index (χ2v) is 17.0. The maximum Gasteiger partial charge on any atom is 0.407 e. The van der Waals surface area contributed by atoms with Crippen molar-refractivity contribution in [3.8, 4) is 0 Å². The maximum atomic E-state index is 12.7. The van der Waals surface area contributed by atoms with E-state index in [2.05, 4.69) is 26.1 Å². The van der Waals surface area contributed by atoms with Crippen molar-refractivity contribution in [2.24, 2.45) is 46.3 Å². The number of carbonyl (C=O) groups is 3. The number of aliphatic hydroxyl groups is 1. The maximum absolute atomic E-state index is 12.7. The number of unbranched alkanes of at least 4 members (excludes halogenated alkanes) is 2. The van der Waals surface area contributed by atoms with Crippen LogP contribution in [0, 0.1) is 46.3 Å². The molecular weight excluding hydrogens is 578 g/mol. The molecule has 0 radical (unpaired) electrons. The van der Waals surface area contributed by atoms with E-state index >= 15 is 0 Å². The van der Waals surface area contributed by atoms with Gasteiger partial charge >= 0.3 is 6.09 Å². The normalized spacial score (nSPS) is 39.2. The van der Waals surface area contributed by atoms with E-state index in [-0.39, 0.29) is 30.1 Å². The third-order valence-corrected chi connectivity index (χ3v) is 14.2. The van der Waals surface area contributed by atoms with Gasteiger partial charge in [0, 0.05) is 46.1 Å². The van der Waals surface area contributed by atoms with Crippen LogP contribution in [0.3, 0.4) is 0 Å². The first kappa shape index (κ1) is 35.5. The summed E-state index contributed by atoms with van der Waals surface area (Å²) in [5, 5.41) is 12.8. The summed E-state index contributed by atoms with van der Waals surface area (Å²) in [6.45, 7) is 10.6. The minimum atomic E-state index is -0.390. The number of alkyl carbamates (subject to hydrolysis) is 1. The summed E-state index contributed by atoms with van der Waals surface area (Å²) >= 11 is 0. The van der Waals surface area contributed by atoms with Crippen molar-refractivity contribution in [2.45, 2.75) is 149 Å². The molecule has 3 amide bonds. The minimum Gasteiger partial charge on any atom is -0.446 e. The van der Waals surface area contributed by atoms with Gasteiger partial charge in [0.1, 0.15) is 6.10 Å². The van der Waals surface area contributed by atoms with Gasteiger partial charge in [0.25, 0.3) is 0 Å². The van der Waals surface area contributed by atoms with Crippen molar-refractivity contribution >= 4 is 17.9 Å². The van der Waals surface area contributed by atoms with Crippen LogP contribution >= 0.6 is 0 Å². The van der Waals surface area contributed by atoms with Gasteiger partial charge in [-0.15, -0.1) is 0 Å². The summed E-state index contributed by atoms with van der Waals surface area (Å²) in [7, 11) is 3.74. The molecule has 0 aromatic heterocycles. The van der Waals surface area contributed by atoms with Crippen LogP contribution in [0.25, 0.3) is 0 Å². The molecule has 0 aromatic rings. The third-order valence-electron chi connectivity index (χ3n) is 14.2. The number of hydrogen-bond donors (Lipinski definition) is 2. The summed E-state index contributed by atoms with van der Waals surface area (Å²) in [5.41, 5.74) is 0.764. The van der Waals surface area contributed by atoms with E-state index in [4.69, 9.17) is 4.74 Å². The van der Waals surface area contributed by atoms with Crippen LogP contribution in [0.15, 0.2) is 0 Å². The highest BCUT2D eigenvalue weighted by Crippen LogP contribution is 2.68. The topological polar surface area (TPSA) is 99.2 Å². The Labute approximate surface area is 279 Å². The molecule has 8 nitrogen and oxygen atoms in total. The molecule has 1 aliphatic heterocycles. The lowest BCUT2D eigenvalue weighted by Crippen LogP contribution is -2.54. The number of likely N-dealkylation sites (tertiary alicyclic amines) is 1. The number of rotatable bonds is 11. The van der Waals surface area contributed by atoms with Crippen molar-refractivity contribution in [1.82, 2.24) is 15.1 Å². The number of hydrogen-bond acceptors (Lipinski definition) is 5. The lowest BCUT2D eigenvalue weighted by Gasteiger charge is -2.61. The highest BCUT2D eigenvalue weighted by atomic mass is 16.6. The first-order chi connectivity index (χ1) is 21.8. The molecule has 262 valence electrons. The standard InChI is InChI=1S/C38H65N3O5/c1-25(11-16-34(43)40(5)6)31-14-15-32-30-13-12-27-23-29(17-19-37(27,3)33(30)18-20-38(31,32)4)46-36(45)39-21-9-7-8-10-35(44)41-24-28(42)22-26(41)2/h25-33,42H,7-24H2,1-6H3,(H,39,45)/t25-,26-,27-,28-,29-,30?,31-,32?,33?,37+,38-/m1/s1. The van der Waals surface area contributed by atoms with Crippen LogP contribution in [-0.4, -0.2) is 78.2 Å². The zero-order valence-electron chi connectivity index (χ0n) is 29.9. The number of ether oxygens (including phenoxy) is 1. The number of fused-ring (bicyclic) bond motifs is 5. The van der Waals surface area contributed by atoms with E-state index < -0.39 is 6.10 Å². The Morgan fingerprint density at radius 3 is 2.39 bits per heavy atom. The molecule has 8 heteroatoms. The van der Waals surface area contributed by atoms with Crippen LogP contribution in [0.2, 0.25) is 0 Å². The summed E-state index contributed by atoms with van der Waals surface area (Å²) in [4.78, 5) is 41.0. The van der Waals surface area contributed by atoms with Crippen molar-refractivity contribution in [3.63, 3.8) is 0 Å². The SMILES string of the molecule is C[C@H](CCC(=O)N(C)C)[C@H]1CCC2C3CC[C@@H]4C[C@H](OC(=O)NCCCCCC(=O)N5C[C@H](O)C[C@H]5C)CC[C@]4(C)C3CC[C@@]21C. The highest BCUT2D eigenvalue weighted by molar-refractivity contribution is 5.77. The minimum absolute atomic E-state index is 0.0143. The number of nitrogens with zero attached hydrogens (tertiary/aromatic N) is 2. The molecule has 2 N–H and O–H groups in total. The summed E-state index contributed by atoms with van der Waals surface area (Å²) in [6.07, 6.45) is 15.8. The lowest BCUT2D eigenvalue weighted by molar-refractivity contribution is -0.132. The van der Waals surface area contributed by atoms with Gasteiger partial charge in [-0.2, -0.15) is 0 Å². The molecule has 5 fully saturated rings. The van der Waals surface area contributed by atoms with Crippen LogP contribution in [0.4, 0.5) is 4.79 Å². The number of carbonyl (C=O) groups excluding carboxylic acids is 3. The molecular formula is C38H65N3O5. The smallest absolute Gasteiger partial charge is 0.407 e. The summed E-state index contributed by atoms with van der Waals surface area (Å²) < 4.78 is 5.97. The molecule has 1 heterocycles. The van der Waals surface area contributed by atoms with Crippen molar-refractivity contribution in [2.75, 3.05) is 27.2 Å². The zero-order valence-corrected chi connectivity index (χ0v) is 29.9. The molecule has 5 aliphatic rings. The largest absolute Gasteiger partial charge is 0.446 e. The first-order valence-corrected chi connectivity index (χ1v) is 19.0. The molecule has 4 saturated carbocycles. The number of β-amino-alcohol motifs (C(OH)–C–C–N with tert-alkyl or cyclic N) is 1. The Morgan fingerprint density at radius 2 is 1.67 bits per heavy atom. The van der Waals surface area contributed by atoms with E-state index in [0.717, 1.165) is 68.6 Å². The molecule has 0 spiro atoms. The fraction of sp³-hybridized carbons (Fsp3) is 0.921. The van der Waals surface area contributed by atoms with Gasteiger partial charge in [-0.25, -0.2) is 4.79 Å². The molecule has 0 bridgehead atoms. The van der Waals surface area contributed by atoms with Crippen molar-refractivity contribution in [3.05, 3.63) is 0 Å². The predicted molar refractivity (Wildman–Crippen MR) is 181 cm³/mol. The van der Waals surface area contributed by atoms with Crippen LogP contribution in [-0.2, 0) is 14.3 Å². The average Bonchev–Trinajstić information content (AvgIpc) is 3.55. The number of aliphatic hydroxyl groups excluding tert-OH is 1. The zero-order chi connectivity index (χ0) is 33.2. The van der Waals surface area contributed by atoms with Gasteiger partial charge in [0.05, 0.1) is 6.10 Å². The number of nitrogens with one attached hydrogen (secondary N) is 1. The molecule has 46 heavy (non-hydrogen) atoms. The van der Waals surface area contributed by atoms with E-state index in [0.29, 0.717) is 55.0 Å². The average molecular weight is 644 g/mol. The van der Waals surface area contributed by atoms with Crippen molar-refractivity contribution in [1.29, 1.82) is 0 Å². The Balaban J connectivity index is 1.03. The molecule has 0 aromatic carbocycles. The van der Waals surface area contributed by atoms with E-state index in [1.54, 1.807) is 9.80 Å². The molecule has 1 saturated heterocycles. The molecule has 5 rings (SSSR count). The fourth-order valence-electron chi connectivity index (χ4n) is 11.5. The Hall–Kier alpha value is -1.83. The van der Waals surface area contributed by atoms with Crippen LogP contribution in [0.1, 0.15) is 130 Å². The highest BCUT2D eigenvalue weighted by Gasteiger charge is 2.60. The Bertz CT molecular complexity index is 1080. The molecule has 11 atom stereocenters. The van der Waals surface area contributed by atoms with Crippen molar-refractivity contribution < 1.29 is 24.2 Å². The summed E-state index contributed by atoms with van der Waals surface area (Å²) in [5.74, 6) is 4.78. The van der Waals surface area contributed by atoms with E-state index in [1.165, 1.54) is 38.5 Å². The Kier molecular flexibility index (Phi) is 11.4. The number of amides is 3. The first-order valence-electron chi connectivity index (χ1n) is 19.0. The van der Waals surface area contributed by atoms with Crippen LogP contribution < -0.4 is 5.32 Å². The monoisotopic (exact) mass is 643 g/mol. The predicted octanol–water partition coefficient (Wildman–Crippen LogP) is 6.79. The second-order valence-electron chi connectivity index (χ2n) is 17.0. The van der Waals surface area contributed by atoms with E-state index in [1.807, 2.05) is 21.0 Å². The molecule has 3 unspecified atom stereocenters. The van der Waals surface area contributed by atoms with E-state index in [9.17, 15) is 19.5 Å². The van der Waals surface area contributed by atoms with Gasteiger partial charge < -0.3 is 25.0 Å². The van der Waals surface area contributed by atoms with Gasteiger partial charge in [0.15, 0.2) is 0 Å². The van der Waals surface area contributed by atoms with Gasteiger partial charge in [-0.1, -0.05) is 27.2 Å². The third kappa shape index (κ3) is 7.42. The second kappa shape index (κ2) is 14.7. The van der Waals surface area contributed by atoms with Gasteiger partial charge in [-0.3, -0.25) is 9.59 Å². The van der Waals surface area contributed by atoms with Gasteiger partial charge in [0.2, 0.25) is 11.8 Å². The lowest BCUT2D eigenvalue weighted by atomic mass is 9.44. The molecule has 4 aliphatic carbocycles. The van der Waals surface area contributed by atoms with Crippen LogP contribution in [0.5, 0.6) is 0 Å². The fourth-order valence-corrected chi connectivity index (χ4v) is 11.5. The quantitative estimate of drug-likeness (QED) is 0.242. The Morgan fingerprint density at radius 1 is 0.935 bits per heavy atom. The van der Waals surface area contributed by atoms with Gasteiger partial charge in [-0.05, 0) is 137 Å². The summed E-state index contributed by atoms with van der Waals surface area (Å²) in [6, 6.07) is 0.122.